The van der Waals surface area contributed by atoms with Crippen molar-refractivity contribution >= 4 is 5.91 Å². The Hall–Kier alpha value is -2.06. The molecule has 0 atom stereocenters. The van der Waals surface area contributed by atoms with Crippen molar-refractivity contribution in [1.29, 1.82) is 5.26 Å². The molecular weight excluding hydrogens is 268 g/mol. The van der Waals surface area contributed by atoms with Gasteiger partial charge in [-0.25, -0.2) is 0 Å². The van der Waals surface area contributed by atoms with E-state index in [4.69, 9.17) is 14.7 Å². The van der Waals surface area contributed by atoms with Gasteiger partial charge in [0.2, 0.25) is 0 Å². The average Bonchev–Trinajstić information content (AvgIpc) is 2.48. The first kappa shape index (κ1) is 17.0. The summed E-state index contributed by atoms with van der Waals surface area (Å²) in [4.78, 5) is 11.6. The van der Waals surface area contributed by atoms with Crippen LogP contribution in [0.4, 0.5) is 0 Å². The fourth-order valence-corrected chi connectivity index (χ4v) is 1.54. The van der Waals surface area contributed by atoms with E-state index in [1.165, 1.54) is 0 Å². The van der Waals surface area contributed by atoms with E-state index in [2.05, 4.69) is 19.2 Å². The number of benzene rings is 1. The fraction of sp³-hybridized carbons (Fsp3) is 0.500. The van der Waals surface area contributed by atoms with Crippen LogP contribution >= 0.6 is 0 Å². The second-order valence-electron chi connectivity index (χ2n) is 5.07. The highest BCUT2D eigenvalue weighted by Crippen LogP contribution is 2.12. The van der Waals surface area contributed by atoms with E-state index < -0.39 is 0 Å². The third-order valence-electron chi connectivity index (χ3n) is 2.74. The van der Waals surface area contributed by atoms with Crippen molar-refractivity contribution in [3.8, 4) is 11.8 Å². The Bertz CT molecular complexity index is 481. The maximum absolute atomic E-state index is 11.6. The van der Waals surface area contributed by atoms with E-state index in [1.807, 2.05) is 6.07 Å². The zero-order valence-electron chi connectivity index (χ0n) is 12.6. The summed E-state index contributed by atoms with van der Waals surface area (Å²) in [6, 6.07) is 8.73. The first-order valence-corrected chi connectivity index (χ1v) is 7.09. The van der Waals surface area contributed by atoms with Crippen LogP contribution in [0.2, 0.25) is 0 Å². The van der Waals surface area contributed by atoms with Crippen molar-refractivity contribution in [2.75, 3.05) is 26.4 Å². The zero-order valence-corrected chi connectivity index (χ0v) is 12.6. The van der Waals surface area contributed by atoms with E-state index >= 15 is 0 Å². The van der Waals surface area contributed by atoms with E-state index in [9.17, 15) is 4.79 Å². The topological polar surface area (TPSA) is 71.3 Å². The first-order valence-electron chi connectivity index (χ1n) is 7.09. The quantitative estimate of drug-likeness (QED) is 0.707. The lowest BCUT2D eigenvalue weighted by Gasteiger charge is -2.09. The maximum Gasteiger partial charge on any atom is 0.258 e. The highest BCUT2D eigenvalue weighted by Gasteiger charge is 2.03. The van der Waals surface area contributed by atoms with Crippen molar-refractivity contribution in [3.63, 3.8) is 0 Å². The lowest BCUT2D eigenvalue weighted by molar-refractivity contribution is -0.123. The first-order chi connectivity index (χ1) is 10.1. The molecule has 0 radical (unpaired) electrons. The van der Waals surface area contributed by atoms with Gasteiger partial charge in [-0.2, -0.15) is 5.26 Å². The van der Waals surface area contributed by atoms with Gasteiger partial charge in [0.25, 0.3) is 5.91 Å². The number of hydrogen-bond donors (Lipinski definition) is 1. The molecule has 0 saturated heterocycles. The lowest BCUT2D eigenvalue weighted by atomic mass is 10.1. The smallest absolute Gasteiger partial charge is 0.258 e. The highest BCUT2D eigenvalue weighted by molar-refractivity contribution is 5.77. The molecule has 1 aromatic rings. The molecule has 21 heavy (non-hydrogen) atoms. The summed E-state index contributed by atoms with van der Waals surface area (Å²) in [6.45, 7) is 5.90. The Balaban J connectivity index is 2.12. The van der Waals surface area contributed by atoms with Crippen LogP contribution in [0, 0.1) is 17.2 Å². The molecule has 0 unspecified atom stereocenters. The number of nitrogens with zero attached hydrogens (tertiary/aromatic N) is 1. The molecule has 0 aromatic heterocycles. The van der Waals surface area contributed by atoms with Crippen molar-refractivity contribution in [1.82, 2.24) is 5.32 Å². The van der Waals surface area contributed by atoms with Gasteiger partial charge in [0, 0.05) is 13.2 Å². The molecule has 0 heterocycles. The maximum atomic E-state index is 11.6. The van der Waals surface area contributed by atoms with Gasteiger partial charge in [-0.3, -0.25) is 4.79 Å². The Kier molecular flexibility index (Phi) is 7.92. The standard InChI is InChI=1S/C16H22N2O3/c1-13(2)6-8-20-9-7-18-16(19)12-21-15-5-3-4-14(10-15)11-17/h3-5,10,13H,6-9,12H2,1-2H3,(H,18,19). The van der Waals surface area contributed by atoms with Gasteiger partial charge in [0.1, 0.15) is 5.75 Å². The summed E-state index contributed by atoms with van der Waals surface area (Å²) in [5.41, 5.74) is 0.506. The van der Waals surface area contributed by atoms with Gasteiger partial charge in [-0.05, 0) is 30.5 Å². The van der Waals surface area contributed by atoms with Gasteiger partial charge in [-0.15, -0.1) is 0 Å². The molecule has 114 valence electrons. The summed E-state index contributed by atoms with van der Waals surface area (Å²) < 4.78 is 10.7. The van der Waals surface area contributed by atoms with Crippen LogP contribution in [0.25, 0.3) is 0 Å². The Morgan fingerprint density at radius 1 is 1.38 bits per heavy atom. The van der Waals surface area contributed by atoms with Crippen LogP contribution in [0.5, 0.6) is 5.75 Å². The van der Waals surface area contributed by atoms with Gasteiger partial charge in [0.05, 0.1) is 18.2 Å². The average molecular weight is 290 g/mol. The van der Waals surface area contributed by atoms with Crippen LogP contribution < -0.4 is 10.1 Å². The summed E-state index contributed by atoms with van der Waals surface area (Å²) in [5.74, 6) is 0.930. The molecule has 5 heteroatoms. The number of amides is 1. The Morgan fingerprint density at radius 3 is 2.90 bits per heavy atom. The number of hydrogen-bond acceptors (Lipinski definition) is 4. The van der Waals surface area contributed by atoms with Crippen LogP contribution in [0.3, 0.4) is 0 Å². The Morgan fingerprint density at radius 2 is 2.19 bits per heavy atom. The number of nitrogens with one attached hydrogen (secondary N) is 1. The number of rotatable bonds is 9. The van der Waals surface area contributed by atoms with E-state index in [0.29, 0.717) is 37.0 Å². The predicted molar refractivity (Wildman–Crippen MR) is 79.9 cm³/mol. The molecule has 0 aliphatic carbocycles. The van der Waals surface area contributed by atoms with E-state index in [0.717, 1.165) is 6.42 Å². The monoisotopic (exact) mass is 290 g/mol. The largest absolute Gasteiger partial charge is 0.484 e. The molecule has 0 spiro atoms. The SMILES string of the molecule is CC(C)CCOCCNC(=O)COc1cccc(C#N)c1. The number of carbonyl (C=O) groups excluding carboxylic acids is 1. The molecule has 1 aromatic carbocycles. The number of carbonyl (C=O) groups is 1. The molecular formula is C16H22N2O3. The summed E-state index contributed by atoms with van der Waals surface area (Å²) in [5, 5.41) is 11.5. The summed E-state index contributed by atoms with van der Waals surface area (Å²) in [6.07, 6.45) is 1.02. The summed E-state index contributed by atoms with van der Waals surface area (Å²) >= 11 is 0. The predicted octanol–water partition coefficient (Wildman–Crippen LogP) is 2.12. The van der Waals surface area contributed by atoms with Crippen LogP contribution in [0.1, 0.15) is 25.8 Å². The number of ether oxygens (including phenoxy) is 2. The van der Waals surface area contributed by atoms with Gasteiger partial charge in [-0.1, -0.05) is 19.9 Å². The molecule has 1 amide bonds. The van der Waals surface area contributed by atoms with Gasteiger partial charge in [0.15, 0.2) is 6.61 Å². The third-order valence-corrected chi connectivity index (χ3v) is 2.74. The second-order valence-corrected chi connectivity index (χ2v) is 5.07. The molecule has 1 N–H and O–H groups in total. The minimum atomic E-state index is -0.204. The second kappa shape index (κ2) is 9.78. The molecule has 5 nitrogen and oxygen atoms in total. The highest BCUT2D eigenvalue weighted by atomic mass is 16.5. The Labute approximate surface area is 125 Å². The van der Waals surface area contributed by atoms with Crippen molar-refractivity contribution in [2.24, 2.45) is 5.92 Å². The van der Waals surface area contributed by atoms with Crippen molar-refractivity contribution in [2.45, 2.75) is 20.3 Å². The number of nitriles is 1. The molecule has 0 aliphatic rings. The zero-order chi connectivity index (χ0) is 15.5. The normalized spacial score (nSPS) is 10.2. The summed E-state index contributed by atoms with van der Waals surface area (Å²) in [7, 11) is 0. The minimum absolute atomic E-state index is 0.0686. The van der Waals surface area contributed by atoms with Crippen molar-refractivity contribution in [3.05, 3.63) is 29.8 Å². The third kappa shape index (κ3) is 7.95. The van der Waals surface area contributed by atoms with Crippen LogP contribution in [-0.2, 0) is 9.53 Å². The molecule has 0 saturated carbocycles. The lowest BCUT2D eigenvalue weighted by Crippen LogP contribution is -2.31. The van der Waals surface area contributed by atoms with Gasteiger partial charge >= 0.3 is 0 Å². The fourth-order valence-electron chi connectivity index (χ4n) is 1.54. The molecule has 0 fully saturated rings. The van der Waals surface area contributed by atoms with E-state index in [1.54, 1.807) is 24.3 Å². The van der Waals surface area contributed by atoms with Crippen molar-refractivity contribution < 1.29 is 14.3 Å². The molecule has 0 aliphatic heterocycles. The van der Waals surface area contributed by atoms with Crippen LogP contribution in [-0.4, -0.2) is 32.3 Å². The minimum Gasteiger partial charge on any atom is -0.484 e. The molecule has 0 bridgehead atoms. The van der Waals surface area contributed by atoms with Crippen LogP contribution in [0.15, 0.2) is 24.3 Å². The molecule has 1 rings (SSSR count). The van der Waals surface area contributed by atoms with Gasteiger partial charge < -0.3 is 14.8 Å². The van der Waals surface area contributed by atoms with E-state index in [-0.39, 0.29) is 12.5 Å².